The van der Waals surface area contributed by atoms with Crippen molar-refractivity contribution in [3.63, 3.8) is 0 Å². The Balaban J connectivity index is 2.05. The van der Waals surface area contributed by atoms with Crippen LogP contribution in [0.5, 0.6) is 0 Å². The molecule has 0 unspecified atom stereocenters. The number of thioether (sulfide) groups is 1. The van der Waals surface area contributed by atoms with Crippen LogP contribution in [0, 0.1) is 12.7 Å². The van der Waals surface area contributed by atoms with Crippen molar-refractivity contribution in [1.82, 2.24) is 9.97 Å². The Hall–Kier alpha value is -1.42. The second-order valence-corrected chi connectivity index (χ2v) is 4.30. The van der Waals surface area contributed by atoms with Crippen LogP contribution in [-0.2, 0) is 5.75 Å². The first kappa shape index (κ1) is 11.1. The Morgan fingerprint density at radius 1 is 1.25 bits per heavy atom. The minimum absolute atomic E-state index is 0.178. The van der Waals surface area contributed by atoms with E-state index in [0.717, 1.165) is 5.69 Å². The zero-order chi connectivity index (χ0) is 11.4. The molecule has 2 aromatic rings. The quantitative estimate of drug-likeness (QED) is 0.602. The van der Waals surface area contributed by atoms with E-state index in [9.17, 15) is 4.39 Å². The van der Waals surface area contributed by atoms with Crippen molar-refractivity contribution in [3.05, 3.63) is 53.6 Å². The van der Waals surface area contributed by atoms with Gasteiger partial charge in [0.25, 0.3) is 0 Å². The third-order valence-corrected chi connectivity index (χ3v) is 3.00. The molecule has 0 spiro atoms. The summed E-state index contributed by atoms with van der Waals surface area (Å²) in [6.45, 7) is 1.91. The van der Waals surface area contributed by atoms with Gasteiger partial charge < -0.3 is 0 Å². The van der Waals surface area contributed by atoms with Crippen LogP contribution in [0.15, 0.2) is 41.7 Å². The van der Waals surface area contributed by atoms with Gasteiger partial charge in [0.15, 0.2) is 5.16 Å². The topological polar surface area (TPSA) is 25.8 Å². The lowest BCUT2D eigenvalue weighted by molar-refractivity contribution is 0.617. The molecule has 0 saturated heterocycles. The number of aromatic nitrogens is 2. The summed E-state index contributed by atoms with van der Waals surface area (Å²) in [5.41, 5.74) is 1.60. The Labute approximate surface area is 97.9 Å². The van der Waals surface area contributed by atoms with E-state index in [1.807, 2.05) is 19.1 Å². The van der Waals surface area contributed by atoms with Crippen molar-refractivity contribution in [2.24, 2.45) is 0 Å². The van der Waals surface area contributed by atoms with Crippen LogP contribution in [0.3, 0.4) is 0 Å². The van der Waals surface area contributed by atoms with E-state index < -0.39 is 0 Å². The Morgan fingerprint density at radius 2 is 2.06 bits per heavy atom. The lowest BCUT2D eigenvalue weighted by Gasteiger charge is -2.02. The van der Waals surface area contributed by atoms with Crippen LogP contribution in [-0.4, -0.2) is 9.97 Å². The number of aryl methyl sites for hydroxylation is 1. The van der Waals surface area contributed by atoms with E-state index in [1.54, 1.807) is 18.3 Å². The van der Waals surface area contributed by atoms with Gasteiger partial charge in [-0.25, -0.2) is 14.4 Å². The molecule has 0 fully saturated rings. The fourth-order valence-corrected chi connectivity index (χ4v) is 2.12. The molecule has 0 bridgehead atoms. The summed E-state index contributed by atoms with van der Waals surface area (Å²) in [5, 5.41) is 0.684. The molecule has 16 heavy (non-hydrogen) atoms. The summed E-state index contributed by atoms with van der Waals surface area (Å²) in [6, 6.07) is 8.60. The molecule has 1 aromatic carbocycles. The summed E-state index contributed by atoms with van der Waals surface area (Å²) in [7, 11) is 0. The number of halogens is 1. The highest BCUT2D eigenvalue weighted by Gasteiger charge is 2.03. The molecule has 0 aliphatic rings. The molecule has 0 aliphatic heterocycles. The second kappa shape index (κ2) is 5.07. The van der Waals surface area contributed by atoms with Crippen molar-refractivity contribution in [1.29, 1.82) is 0 Å². The average molecular weight is 234 g/mol. The van der Waals surface area contributed by atoms with Crippen LogP contribution in [0.4, 0.5) is 4.39 Å². The molecule has 1 aromatic heterocycles. The molecular formula is C12H11FN2S. The number of nitrogens with zero attached hydrogens (tertiary/aromatic N) is 2. The summed E-state index contributed by atoms with van der Waals surface area (Å²) in [4.78, 5) is 8.36. The monoisotopic (exact) mass is 234 g/mol. The van der Waals surface area contributed by atoms with E-state index in [2.05, 4.69) is 9.97 Å². The third-order valence-electron chi connectivity index (χ3n) is 2.09. The number of rotatable bonds is 3. The van der Waals surface area contributed by atoms with Crippen molar-refractivity contribution >= 4 is 11.8 Å². The van der Waals surface area contributed by atoms with Gasteiger partial charge in [0.05, 0.1) is 0 Å². The molecule has 0 atom stereocenters. The summed E-state index contributed by atoms with van der Waals surface area (Å²) in [6.07, 6.45) is 1.71. The lowest BCUT2D eigenvalue weighted by atomic mass is 10.2. The largest absolute Gasteiger partial charge is 0.231 e. The van der Waals surface area contributed by atoms with Gasteiger partial charge in [-0.3, -0.25) is 0 Å². The third kappa shape index (κ3) is 2.79. The van der Waals surface area contributed by atoms with E-state index >= 15 is 0 Å². The molecule has 0 N–H and O–H groups in total. The normalized spacial score (nSPS) is 10.4. The van der Waals surface area contributed by atoms with Crippen molar-refractivity contribution in [2.45, 2.75) is 17.8 Å². The van der Waals surface area contributed by atoms with Crippen LogP contribution in [0.2, 0.25) is 0 Å². The van der Waals surface area contributed by atoms with Gasteiger partial charge in [-0.1, -0.05) is 30.0 Å². The Kier molecular flexibility index (Phi) is 3.51. The summed E-state index contributed by atoms with van der Waals surface area (Å²) >= 11 is 1.44. The zero-order valence-corrected chi connectivity index (χ0v) is 9.67. The first-order valence-electron chi connectivity index (χ1n) is 4.91. The number of hydrogen-bond donors (Lipinski definition) is 0. The van der Waals surface area contributed by atoms with Gasteiger partial charge in [-0.15, -0.1) is 0 Å². The van der Waals surface area contributed by atoms with Gasteiger partial charge >= 0.3 is 0 Å². The van der Waals surface area contributed by atoms with Crippen LogP contribution < -0.4 is 0 Å². The standard InChI is InChI=1S/C12H11FN2S/c1-9-6-7-14-12(15-9)16-8-10-4-2-3-5-11(10)13/h2-7H,8H2,1H3. The van der Waals surface area contributed by atoms with Crippen molar-refractivity contribution < 1.29 is 4.39 Å². The van der Waals surface area contributed by atoms with Gasteiger partial charge in [-0.2, -0.15) is 0 Å². The lowest BCUT2D eigenvalue weighted by Crippen LogP contribution is -1.91. The molecule has 0 radical (unpaired) electrons. The molecule has 1 heterocycles. The van der Waals surface area contributed by atoms with Crippen molar-refractivity contribution in [3.8, 4) is 0 Å². The molecule has 82 valence electrons. The minimum Gasteiger partial charge on any atom is -0.231 e. The van der Waals surface area contributed by atoms with E-state index in [1.165, 1.54) is 17.8 Å². The van der Waals surface area contributed by atoms with Gasteiger partial charge in [0.2, 0.25) is 0 Å². The SMILES string of the molecule is Cc1ccnc(SCc2ccccc2F)n1. The fraction of sp³-hybridized carbons (Fsp3) is 0.167. The van der Waals surface area contributed by atoms with E-state index in [-0.39, 0.29) is 5.82 Å². The van der Waals surface area contributed by atoms with Gasteiger partial charge in [-0.05, 0) is 24.6 Å². The number of benzene rings is 1. The highest BCUT2D eigenvalue weighted by Crippen LogP contribution is 2.20. The Bertz CT molecular complexity index is 488. The molecule has 2 nitrogen and oxygen atoms in total. The maximum atomic E-state index is 13.3. The van der Waals surface area contributed by atoms with Crippen LogP contribution in [0.1, 0.15) is 11.3 Å². The highest BCUT2D eigenvalue weighted by molar-refractivity contribution is 7.98. The predicted molar refractivity (Wildman–Crippen MR) is 62.7 cm³/mol. The molecule has 4 heteroatoms. The number of hydrogen-bond acceptors (Lipinski definition) is 3. The first-order valence-corrected chi connectivity index (χ1v) is 5.90. The summed E-state index contributed by atoms with van der Waals surface area (Å²) in [5.74, 6) is 0.374. The second-order valence-electron chi connectivity index (χ2n) is 3.36. The maximum Gasteiger partial charge on any atom is 0.188 e. The van der Waals surface area contributed by atoms with Crippen LogP contribution in [0.25, 0.3) is 0 Å². The molecule has 0 saturated carbocycles. The molecule has 2 rings (SSSR count). The first-order chi connectivity index (χ1) is 7.75. The Morgan fingerprint density at radius 3 is 2.81 bits per heavy atom. The molecular weight excluding hydrogens is 223 g/mol. The summed E-state index contributed by atoms with van der Waals surface area (Å²) < 4.78 is 13.3. The predicted octanol–water partition coefficient (Wildman–Crippen LogP) is 3.22. The molecule has 0 aliphatic carbocycles. The molecule has 0 amide bonds. The van der Waals surface area contributed by atoms with Crippen molar-refractivity contribution in [2.75, 3.05) is 0 Å². The van der Waals surface area contributed by atoms with Gasteiger partial charge in [0, 0.05) is 17.6 Å². The van der Waals surface area contributed by atoms with E-state index in [0.29, 0.717) is 16.5 Å². The average Bonchev–Trinajstić information content (AvgIpc) is 2.28. The highest BCUT2D eigenvalue weighted by atomic mass is 32.2. The van der Waals surface area contributed by atoms with Crippen LogP contribution >= 0.6 is 11.8 Å². The zero-order valence-electron chi connectivity index (χ0n) is 8.85. The van der Waals surface area contributed by atoms with E-state index in [4.69, 9.17) is 0 Å². The maximum absolute atomic E-state index is 13.3. The smallest absolute Gasteiger partial charge is 0.188 e. The minimum atomic E-state index is -0.178. The van der Waals surface area contributed by atoms with Gasteiger partial charge in [0.1, 0.15) is 5.82 Å². The fourth-order valence-electron chi connectivity index (χ4n) is 1.25.